The first-order chi connectivity index (χ1) is 13.7. The minimum absolute atomic E-state index is 0.0562. The summed E-state index contributed by atoms with van der Waals surface area (Å²) in [6, 6.07) is 17.2. The summed E-state index contributed by atoms with van der Waals surface area (Å²) in [5, 5.41) is 6.92. The number of rotatable bonds is 4. The number of thiazole rings is 1. The van der Waals surface area contributed by atoms with Gasteiger partial charge >= 0.3 is 6.03 Å². The molecule has 0 spiro atoms. The van der Waals surface area contributed by atoms with Gasteiger partial charge in [-0.15, -0.1) is 11.3 Å². The molecule has 3 aromatic rings. The maximum Gasteiger partial charge on any atom is 0.317 e. The fraction of sp³-hybridized carbons (Fsp3) is 0.286. The Labute approximate surface area is 167 Å². The molecule has 28 heavy (non-hydrogen) atoms. The zero-order chi connectivity index (χ0) is 19.3. The Balaban J connectivity index is 1.24. The first kappa shape index (κ1) is 18.4. The normalized spacial score (nSPS) is 14.8. The zero-order valence-electron chi connectivity index (χ0n) is 15.4. The Morgan fingerprint density at radius 2 is 1.75 bits per heavy atom. The van der Waals surface area contributed by atoms with Crippen LogP contribution in [0.4, 0.5) is 4.79 Å². The van der Waals surface area contributed by atoms with Crippen molar-refractivity contribution >= 4 is 33.5 Å². The molecule has 2 aromatic carbocycles. The molecule has 1 aliphatic heterocycles. The third kappa shape index (κ3) is 4.31. The largest absolute Gasteiger partial charge is 0.349 e. The molecular weight excluding hydrogens is 372 g/mol. The van der Waals surface area contributed by atoms with Gasteiger partial charge in [0.1, 0.15) is 5.01 Å². The fourth-order valence-electron chi connectivity index (χ4n) is 3.34. The Bertz CT molecular complexity index is 932. The van der Waals surface area contributed by atoms with Gasteiger partial charge in [0.25, 0.3) is 5.91 Å². The number of nitrogens with zero attached hydrogens (tertiary/aromatic N) is 2. The highest BCUT2D eigenvalue weighted by Gasteiger charge is 2.24. The maximum absolute atomic E-state index is 12.4. The highest BCUT2D eigenvalue weighted by Crippen LogP contribution is 2.21. The summed E-state index contributed by atoms with van der Waals surface area (Å²) in [6.07, 6.45) is 1.51. The number of urea groups is 1. The number of carbonyl (C=O) groups is 2. The fourth-order valence-corrected chi connectivity index (χ4v) is 4.25. The molecule has 1 saturated heterocycles. The highest BCUT2D eigenvalue weighted by atomic mass is 32.1. The van der Waals surface area contributed by atoms with Gasteiger partial charge in [0.15, 0.2) is 0 Å². The van der Waals surface area contributed by atoms with E-state index in [0.717, 1.165) is 28.1 Å². The Morgan fingerprint density at radius 1 is 1.04 bits per heavy atom. The van der Waals surface area contributed by atoms with Crippen LogP contribution in [0, 0.1) is 0 Å². The zero-order valence-corrected chi connectivity index (χ0v) is 16.2. The standard InChI is InChI=1S/C21H22N4O2S/c26-20(15-6-2-1-3-7-15)23-16-10-12-25(13-11-16)21(27)22-14-19-24-17-8-4-5-9-18(17)28-19/h1-9,16H,10-14H2,(H,22,27)(H,23,26). The molecular formula is C21H22N4O2S. The van der Waals surface area contributed by atoms with Gasteiger partial charge in [-0.25, -0.2) is 9.78 Å². The minimum atomic E-state index is -0.0768. The van der Waals surface area contributed by atoms with E-state index in [1.165, 1.54) is 0 Å². The van der Waals surface area contributed by atoms with Crippen molar-refractivity contribution in [3.05, 3.63) is 65.2 Å². The Morgan fingerprint density at radius 3 is 2.50 bits per heavy atom. The second-order valence-electron chi connectivity index (χ2n) is 6.83. The van der Waals surface area contributed by atoms with Crippen LogP contribution in [0.1, 0.15) is 28.2 Å². The molecule has 0 saturated carbocycles. The van der Waals surface area contributed by atoms with E-state index in [4.69, 9.17) is 0 Å². The molecule has 1 fully saturated rings. The third-order valence-electron chi connectivity index (χ3n) is 4.88. The topological polar surface area (TPSA) is 74.3 Å². The molecule has 4 rings (SSSR count). The van der Waals surface area contributed by atoms with Gasteiger partial charge in [0.05, 0.1) is 16.8 Å². The molecule has 0 bridgehead atoms. The number of hydrogen-bond acceptors (Lipinski definition) is 4. The van der Waals surface area contributed by atoms with E-state index in [1.807, 2.05) is 42.5 Å². The van der Waals surface area contributed by atoms with Crippen molar-refractivity contribution in [3.63, 3.8) is 0 Å². The Hall–Kier alpha value is -2.93. The van der Waals surface area contributed by atoms with E-state index in [-0.39, 0.29) is 18.0 Å². The molecule has 7 heteroatoms. The summed E-state index contributed by atoms with van der Waals surface area (Å²) in [4.78, 5) is 31.0. The molecule has 6 nitrogen and oxygen atoms in total. The predicted octanol–water partition coefficient (Wildman–Crippen LogP) is 3.40. The molecule has 2 N–H and O–H groups in total. The van der Waals surface area contributed by atoms with Crippen molar-refractivity contribution in [2.75, 3.05) is 13.1 Å². The predicted molar refractivity (Wildman–Crippen MR) is 110 cm³/mol. The summed E-state index contributed by atoms with van der Waals surface area (Å²) >= 11 is 1.60. The van der Waals surface area contributed by atoms with Gasteiger partial charge < -0.3 is 15.5 Å². The lowest BCUT2D eigenvalue weighted by atomic mass is 10.0. The SMILES string of the molecule is O=C(NC1CCN(C(=O)NCc2nc3ccccc3s2)CC1)c1ccccc1. The molecule has 1 aromatic heterocycles. The Kier molecular flexibility index (Phi) is 5.53. The van der Waals surface area contributed by atoms with Crippen LogP contribution >= 0.6 is 11.3 Å². The van der Waals surface area contributed by atoms with Crippen LogP contribution in [0.5, 0.6) is 0 Å². The lowest BCUT2D eigenvalue weighted by molar-refractivity contribution is 0.0918. The van der Waals surface area contributed by atoms with E-state index in [2.05, 4.69) is 15.6 Å². The van der Waals surface area contributed by atoms with Crippen molar-refractivity contribution in [2.45, 2.75) is 25.4 Å². The van der Waals surface area contributed by atoms with Crippen LogP contribution in [0.15, 0.2) is 54.6 Å². The van der Waals surface area contributed by atoms with E-state index in [1.54, 1.807) is 28.4 Å². The van der Waals surface area contributed by atoms with Gasteiger partial charge in [0, 0.05) is 24.7 Å². The van der Waals surface area contributed by atoms with Crippen molar-refractivity contribution < 1.29 is 9.59 Å². The molecule has 0 atom stereocenters. The number of piperidine rings is 1. The van der Waals surface area contributed by atoms with E-state index >= 15 is 0 Å². The second-order valence-corrected chi connectivity index (χ2v) is 7.95. The first-order valence-electron chi connectivity index (χ1n) is 9.42. The van der Waals surface area contributed by atoms with Crippen LogP contribution in [-0.2, 0) is 6.54 Å². The van der Waals surface area contributed by atoms with E-state index in [0.29, 0.717) is 25.2 Å². The van der Waals surface area contributed by atoms with Crippen molar-refractivity contribution in [1.82, 2.24) is 20.5 Å². The van der Waals surface area contributed by atoms with Crippen LogP contribution in [0.25, 0.3) is 10.2 Å². The summed E-state index contributed by atoms with van der Waals surface area (Å²) < 4.78 is 1.13. The molecule has 144 valence electrons. The summed E-state index contributed by atoms with van der Waals surface area (Å²) in [5.74, 6) is -0.0562. The van der Waals surface area contributed by atoms with E-state index in [9.17, 15) is 9.59 Å². The van der Waals surface area contributed by atoms with Crippen molar-refractivity contribution in [3.8, 4) is 0 Å². The minimum Gasteiger partial charge on any atom is -0.349 e. The van der Waals surface area contributed by atoms with Crippen LogP contribution in [-0.4, -0.2) is 41.0 Å². The number of aromatic nitrogens is 1. The van der Waals surface area contributed by atoms with Gasteiger partial charge in [-0.05, 0) is 37.1 Å². The average molecular weight is 395 g/mol. The van der Waals surface area contributed by atoms with Crippen LogP contribution < -0.4 is 10.6 Å². The number of carbonyl (C=O) groups excluding carboxylic acids is 2. The highest BCUT2D eigenvalue weighted by molar-refractivity contribution is 7.18. The van der Waals surface area contributed by atoms with Gasteiger partial charge in [-0.1, -0.05) is 30.3 Å². The first-order valence-corrected chi connectivity index (χ1v) is 10.2. The lowest BCUT2D eigenvalue weighted by Crippen LogP contribution is -2.49. The number of nitrogens with one attached hydrogen (secondary N) is 2. The van der Waals surface area contributed by atoms with Crippen molar-refractivity contribution in [1.29, 1.82) is 0 Å². The smallest absolute Gasteiger partial charge is 0.317 e. The molecule has 3 amide bonds. The summed E-state index contributed by atoms with van der Waals surface area (Å²) in [7, 11) is 0. The third-order valence-corrected chi connectivity index (χ3v) is 5.92. The van der Waals surface area contributed by atoms with Crippen LogP contribution in [0.2, 0.25) is 0 Å². The number of fused-ring (bicyclic) bond motifs is 1. The van der Waals surface area contributed by atoms with Gasteiger partial charge in [-0.3, -0.25) is 4.79 Å². The monoisotopic (exact) mass is 394 g/mol. The van der Waals surface area contributed by atoms with Crippen LogP contribution in [0.3, 0.4) is 0 Å². The maximum atomic E-state index is 12.4. The second kappa shape index (κ2) is 8.39. The molecule has 2 heterocycles. The number of para-hydroxylation sites is 1. The summed E-state index contributed by atoms with van der Waals surface area (Å²) in [6.45, 7) is 1.69. The molecule has 0 radical (unpaired) electrons. The van der Waals surface area contributed by atoms with E-state index < -0.39 is 0 Å². The average Bonchev–Trinajstić information content (AvgIpc) is 3.16. The lowest BCUT2D eigenvalue weighted by Gasteiger charge is -2.32. The number of likely N-dealkylation sites (tertiary alicyclic amines) is 1. The number of hydrogen-bond donors (Lipinski definition) is 2. The summed E-state index contributed by atoms with van der Waals surface area (Å²) in [5.41, 5.74) is 1.63. The molecule has 0 aliphatic carbocycles. The number of benzene rings is 2. The number of amides is 3. The molecule has 0 unspecified atom stereocenters. The van der Waals surface area contributed by atoms with Crippen molar-refractivity contribution in [2.24, 2.45) is 0 Å². The van der Waals surface area contributed by atoms with Gasteiger partial charge in [-0.2, -0.15) is 0 Å². The quantitative estimate of drug-likeness (QED) is 0.712. The molecule has 1 aliphatic rings. The van der Waals surface area contributed by atoms with Gasteiger partial charge in [0.2, 0.25) is 0 Å².